The van der Waals surface area contributed by atoms with E-state index in [0.717, 1.165) is 0 Å². The molecule has 0 spiro atoms. The van der Waals surface area contributed by atoms with Crippen LogP contribution in [0.15, 0.2) is 29.1 Å². The minimum Gasteiger partial charge on any atom is -0.493 e. The molecule has 0 atom stereocenters. The van der Waals surface area contributed by atoms with E-state index < -0.39 is 22.7 Å². The molecular formula is C14H15FN2O2. The predicted molar refractivity (Wildman–Crippen MR) is 70.6 cm³/mol. The van der Waals surface area contributed by atoms with E-state index in [2.05, 4.69) is 9.97 Å². The number of benzene rings is 1. The van der Waals surface area contributed by atoms with Gasteiger partial charge in [0.2, 0.25) is 5.88 Å². The Labute approximate surface area is 110 Å². The average Bonchev–Trinajstić information content (AvgIpc) is 2.29. The maximum atomic E-state index is 13.7. The Morgan fingerprint density at radius 2 is 1.89 bits per heavy atom. The zero-order chi connectivity index (χ0) is 14.2. The summed E-state index contributed by atoms with van der Waals surface area (Å²) in [7, 11) is 0. The number of aromatic nitrogens is 2. The largest absolute Gasteiger partial charge is 0.493 e. The average molecular weight is 262 g/mol. The highest BCUT2D eigenvalue weighted by molar-refractivity contribution is 5.67. The summed E-state index contributed by atoms with van der Waals surface area (Å²) in [6, 6.07) is 5.76. The van der Waals surface area contributed by atoms with Gasteiger partial charge in [0.05, 0.1) is 0 Å². The molecule has 0 aliphatic rings. The van der Waals surface area contributed by atoms with Crippen molar-refractivity contribution < 1.29 is 9.50 Å². The van der Waals surface area contributed by atoms with Gasteiger partial charge in [-0.25, -0.2) is 4.39 Å². The zero-order valence-corrected chi connectivity index (χ0v) is 11.0. The molecule has 1 heterocycles. The van der Waals surface area contributed by atoms with Crippen LogP contribution >= 0.6 is 0 Å². The van der Waals surface area contributed by atoms with E-state index in [1.807, 2.05) is 20.8 Å². The van der Waals surface area contributed by atoms with Crippen molar-refractivity contribution in [2.24, 2.45) is 0 Å². The molecule has 0 aliphatic heterocycles. The van der Waals surface area contributed by atoms with Crippen LogP contribution in [0.3, 0.4) is 0 Å². The van der Waals surface area contributed by atoms with Gasteiger partial charge in [-0.15, -0.1) is 0 Å². The van der Waals surface area contributed by atoms with E-state index in [0.29, 0.717) is 5.82 Å². The van der Waals surface area contributed by atoms with Gasteiger partial charge in [-0.05, 0) is 6.07 Å². The van der Waals surface area contributed by atoms with Crippen molar-refractivity contribution in [2.75, 3.05) is 0 Å². The monoisotopic (exact) mass is 262 g/mol. The van der Waals surface area contributed by atoms with Crippen LogP contribution in [0.25, 0.3) is 11.1 Å². The molecule has 1 aromatic heterocycles. The summed E-state index contributed by atoms with van der Waals surface area (Å²) in [5.41, 5.74) is -1.08. The fourth-order valence-electron chi connectivity index (χ4n) is 1.72. The first kappa shape index (κ1) is 13.3. The second-order valence-electron chi connectivity index (χ2n) is 5.34. The number of hydrogen-bond donors (Lipinski definition) is 2. The topological polar surface area (TPSA) is 66.0 Å². The molecule has 0 amide bonds. The third-order valence-electron chi connectivity index (χ3n) is 2.75. The molecule has 2 aromatic rings. The van der Waals surface area contributed by atoms with Crippen molar-refractivity contribution in [1.29, 1.82) is 0 Å². The number of H-pyrrole nitrogens is 1. The number of nitrogens with one attached hydrogen (secondary N) is 1. The second kappa shape index (κ2) is 4.50. The fraction of sp³-hybridized carbons (Fsp3) is 0.286. The quantitative estimate of drug-likeness (QED) is 0.830. The number of hydrogen-bond acceptors (Lipinski definition) is 3. The SMILES string of the molecule is CC(C)(C)c1nc(O)c(-c2ccccc2F)c(=O)[nH]1. The van der Waals surface area contributed by atoms with E-state index in [9.17, 15) is 14.3 Å². The van der Waals surface area contributed by atoms with Gasteiger partial charge in [-0.1, -0.05) is 39.0 Å². The maximum Gasteiger partial charge on any atom is 0.262 e. The van der Waals surface area contributed by atoms with E-state index in [-0.39, 0.29) is 11.1 Å². The molecule has 100 valence electrons. The molecule has 0 saturated carbocycles. The van der Waals surface area contributed by atoms with Gasteiger partial charge in [-0.2, -0.15) is 4.98 Å². The van der Waals surface area contributed by atoms with Crippen molar-refractivity contribution in [1.82, 2.24) is 9.97 Å². The Morgan fingerprint density at radius 1 is 1.26 bits per heavy atom. The van der Waals surface area contributed by atoms with Gasteiger partial charge in [0, 0.05) is 11.0 Å². The summed E-state index contributed by atoms with van der Waals surface area (Å²) in [6.07, 6.45) is 0. The summed E-state index contributed by atoms with van der Waals surface area (Å²) >= 11 is 0. The van der Waals surface area contributed by atoms with Gasteiger partial charge in [-0.3, -0.25) is 4.79 Å². The lowest BCUT2D eigenvalue weighted by atomic mass is 9.95. The molecular weight excluding hydrogens is 247 g/mol. The summed E-state index contributed by atoms with van der Waals surface area (Å²) < 4.78 is 13.7. The number of aromatic hydroxyl groups is 1. The first-order valence-electron chi connectivity index (χ1n) is 5.89. The van der Waals surface area contributed by atoms with Crippen LogP contribution in [0.2, 0.25) is 0 Å². The van der Waals surface area contributed by atoms with Gasteiger partial charge in [0.25, 0.3) is 5.56 Å². The summed E-state index contributed by atoms with van der Waals surface area (Å²) in [5, 5.41) is 9.92. The molecule has 1 aromatic carbocycles. The molecule has 2 rings (SSSR count). The van der Waals surface area contributed by atoms with Crippen molar-refractivity contribution in [2.45, 2.75) is 26.2 Å². The van der Waals surface area contributed by atoms with Gasteiger partial charge in [0.1, 0.15) is 17.2 Å². The van der Waals surface area contributed by atoms with Crippen LogP contribution in [0, 0.1) is 5.82 Å². The second-order valence-corrected chi connectivity index (χ2v) is 5.34. The van der Waals surface area contributed by atoms with Crippen molar-refractivity contribution in [3.63, 3.8) is 0 Å². The Balaban J connectivity index is 2.68. The smallest absolute Gasteiger partial charge is 0.262 e. The van der Waals surface area contributed by atoms with Crippen LogP contribution in [0.5, 0.6) is 5.88 Å². The van der Waals surface area contributed by atoms with E-state index in [1.54, 1.807) is 6.07 Å². The summed E-state index contributed by atoms with van der Waals surface area (Å²) in [5.74, 6) is -0.678. The summed E-state index contributed by atoms with van der Waals surface area (Å²) in [6.45, 7) is 5.56. The van der Waals surface area contributed by atoms with Crippen LogP contribution in [-0.4, -0.2) is 15.1 Å². The van der Waals surface area contributed by atoms with E-state index >= 15 is 0 Å². The molecule has 0 aliphatic carbocycles. The molecule has 4 nitrogen and oxygen atoms in total. The van der Waals surface area contributed by atoms with Crippen molar-refractivity contribution in [3.8, 4) is 17.0 Å². The Bertz CT molecular complexity index is 672. The van der Waals surface area contributed by atoms with Crippen LogP contribution in [0.1, 0.15) is 26.6 Å². The highest BCUT2D eigenvalue weighted by Gasteiger charge is 2.22. The Kier molecular flexibility index (Phi) is 3.14. The highest BCUT2D eigenvalue weighted by Crippen LogP contribution is 2.27. The molecule has 0 bridgehead atoms. The number of rotatable bonds is 1. The lowest BCUT2D eigenvalue weighted by Crippen LogP contribution is -2.23. The third kappa shape index (κ3) is 2.50. The lowest BCUT2D eigenvalue weighted by molar-refractivity contribution is 0.436. The van der Waals surface area contributed by atoms with Crippen molar-refractivity contribution in [3.05, 3.63) is 46.3 Å². The van der Waals surface area contributed by atoms with Crippen LogP contribution in [0.4, 0.5) is 4.39 Å². The molecule has 0 saturated heterocycles. The number of aromatic amines is 1. The molecule has 0 radical (unpaired) electrons. The van der Waals surface area contributed by atoms with Crippen molar-refractivity contribution >= 4 is 0 Å². The first-order valence-corrected chi connectivity index (χ1v) is 5.89. The minimum absolute atomic E-state index is 0.0363. The van der Waals surface area contributed by atoms with Gasteiger partial charge >= 0.3 is 0 Å². The first-order chi connectivity index (χ1) is 8.80. The Hall–Kier alpha value is -2.17. The Morgan fingerprint density at radius 3 is 2.42 bits per heavy atom. The zero-order valence-electron chi connectivity index (χ0n) is 11.0. The standard InChI is InChI=1S/C14H15FN2O2/c1-14(2,3)13-16-11(18)10(12(19)17-13)8-6-4-5-7-9(8)15/h4-7H,1-3H3,(H2,16,17,18,19). The molecule has 5 heteroatoms. The van der Waals surface area contributed by atoms with Crippen LogP contribution in [-0.2, 0) is 5.41 Å². The summed E-state index contributed by atoms with van der Waals surface area (Å²) in [4.78, 5) is 18.6. The number of halogens is 1. The minimum atomic E-state index is -0.575. The predicted octanol–water partition coefficient (Wildman–Crippen LogP) is 2.58. The molecule has 19 heavy (non-hydrogen) atoms. The fourth-order valence-corrected chi connectivity index (χ4v) is 1.72. The third-order valence-corrected chi connectivity index (χ3v) is 2.75. The normalized spacial score (nSPS) is 11.6. The van der Waals surface area contributed by atoms with E-state index in [1.165, 1.54) is 18.2 Å². The van der Waals surface area contributed by atoms with Crippen LogP contribution < -0.4 is 5.56 Å². The highest BCUT2D eigenvalue weighted by atomic mass is 19.1. The van der Waals surface area contributed by atoms with Gasteiger partial charge in [0.15, 0.2) is 0 Å². The lowest BCUT2D eigenvalue weighted by Gasteiger charge is -2.17. The number of nitrogens with zero attached hydrogens (tertiary/aromatic N) is 1. The van der Waals surface area contributed by atoms with E-state index in [4.69, 9.17) is 0 Å². The maximum absolute atomic E-state index is 13.7. The van der Waals surface area contributed by atoms with Gasteiger partial charge < -0.3 is 10.1 Å². The molecule has 0 unspecified atom stereocenters. The molecule has 0 fully saturated rings. The molecule has 2 N–H and O–H groups in total.